The molecule has 1 aliphatic carbocycles. The van der Waals surface area contributed by atoms with E-state index in [-0.39, 0.29) is 5.92 Å². The Hall–Kier alpha value is -1.86. The lowest BCUT2D eigenvalue weighted by atomic mass is 9.83. The summed E-state index contributed by atoms with van der Waals surface area (Å²) in [6.45, 7) is 0. The molecule has 2 aromatic carbocycles. The fraction of sp³-hybridized carbons (Fsp3) is 0.125. The van der Waals surface area contributed by atoms with E-state index in [1.165, 1.54) is 0 Å². The van der Waals surface area contributed by atoms with Crippen molar-refractivity contribution in [2.45, 2.75) is 12.0 Å². The fourth-order valence-electron chi connectivity index (χ4n) is 2.41. The monoisotopic (exact) mass is 222 g/mol. The van der Waals surface area contributed by atoms with Crippen molar-refractivity contribution >= 4 is 6.08 Å². The Balaban J connectivity index is 2.03. The molecule has 2 atom stereocenters. The summed E-state index contributed by atoms with van der Waals surface area (Å²) in [5.74, 6) is 0.0612. The summed E-state index contributed by atoms with van der Waals surface area (Å²) in [6.07, 6.45) is 3.74. The van der Waals surface area contributed by atoms with Gasteiger partial charge in [-0.3, -0.25) is 0 Å². The van der Waals surface area contributed by atoms with Crippen molar-refractivity contribution in [3.63, 3.8) is 0 Å². The first kappa shape index (κ1) is 10.3. The van der Waals surface area contributed by atoms with E-state index >= 15 is 0 Å². The summed E-state index contributed by atoms with van der Waals surface area (Å²) in [6, 6.07) is 18.2. The van der Waals surface area contributed by atoms with Gasteiger partial charge in [-0.25, -0.2) is 0 Å². The zero-order valence-electron chi connectivity index (χ0n) is 9.45. The highest BCUT2D eigenvalue weighted by atomic mass is 16.3. The molecule has 1 N–H and O–H groups in total. The molecule has 17 heavy (non-hydrogen) atoms. The third kappa shape index (κ3) is 1.79. The molecule has 0 aromatic heterocycles. The van der Waals surface area contributed by atoms with Crippen molar-refractivity contribution < 1.29 is 5.11 Å². The van der Waals surface area contributed by atoms with Gasteiger partial charge in [0.2, 0.25) is 0 Å². The van der Waals surface area contributed by atoms with E-state index in [0.717, 1.165) is 16.7 Å². The molecule has 0 heterocycles. The molecule has 84 valence electrons. The molecule has 2 aromatic rings. The second-order valence-corrected chi connectivity index (χ2v) is 4.37. The van der Waals surface area contributed by atoms with Gasteiger partial charge in [-0.05, 0) is 16.7 Å². The summed E-state index contributed by atoms with van der Waals surface area (Å²) in [4.78, 5) is 0. The minimum absolute atomic E-state index is 0.0612. The summed E-state index contributed by atoms with van der Waals surface area (Å²) in [5.41, 5.74) is 3.29. The lowest BCUT2D eigenvalue weighted by Gasteiger charge is -2.26. The highest BCUT2D eigenvalue weighted by Gasteiger charge is 2.24. The van der Waals surface area contributed by atoms with Gasteiger partial charge >= 0.3 is 0 Å². The fourth-order valence-corrected chi connectivity index (χ4v) is 2.41. The van der Waals surface area contributed by atoms with Crippen LogP contribution in [0.4, 0.5) is 0 Å². The number of aliphatic hydroxyl groups excluding tert-OH is 1. The van der Waals surface area contributed by atoms with Crippen LogP contribution in [0.3, 0.4) is 0 Å². The zero-order chi connectivity index (χ0) is 11.7. The van der Waals surface area contributed by atoms with Crippen LogP contribution in [0.15, 0.2) is 60.7 Å². The van der Waals surface area contributed by atoms with Crippen LogP contribution in [0.25, 0.3) is 6.08 Å². The summed E-state index contributed by atoms with van der Waals surface area (Å²) >= 11 is 0. The molecule has 0 spiro atoms. The Labute approximate surface area is 101 Å². The van der Waals surface area contributed by atoms with Crippen LogP contribution >= 0.6 is 0 Å². The Morgan fingerprint density at radius 2 is 1.53 bits per heavy atom. The third-order valence-corrected chi connectivity index (χ3v) is 3.32. The van der Waals surface area contributed by atoms with Crippen LogP contribution in [0.2, 0.25) is 0 Å². The Kier molecular flexibility index (Phi) is 2.54. The normalized spacial score (nSPS) is 22.2. The number of benzene rings is 2. The maximum atomic E-state index is 10.4. The first-order valence-corrected chi connectivity index (χ1v) is 5.86. The van der Waals surface area contributed by atoms with Crippen molar-refractivity contribution in [3.05, 3.63) is 77.4 Å². The standard InChI is InChI=1S/C16H14O/c17-16-14-9-5-4-8-13(14)10-11-15(16)12-6-2-1-3-7-12/h1-11,15-17H/t15-,16+/m0/s1. The molecule has 0 bridgehead atoms. The van der Waals surface area contributed by atoms with Crippen molar-refractivity contribution in [1.82, 2.24) is 0 Å². The van der Waals surface area contributed by atoms with Crippen LogP contribution in [-0.2, 0) is 0 Å². The van der Waals surface area contributed by atoms with Crippen LogP contribution in [0.5, 0.6) is 0 Å². The Morgan fingerprint density at radius 1 is 0.824 bits per heavy atom. The topological polar surface area (TPSA) is 20.2 Å². The number of fused-ring (bicyclic) bond motifs is 1. The minimum Gasteiger partial charge on any atom is -0.387 e. The van der Waals surface area contributed by atoms with Crippen LogP contribution < -0.4 is 0 Å². The number of aliphatic hydroxyl groups is 1. The van der Waals surface area contributed by atoms with Gasteiger partial charge in [-0.2, -0.15) is 0 Å². The van der Waals surface area contributed by atoms with E-state index in [0.29, 0.717) is 0 Å². The summed E-state index contributed by atoms with van der Waals surface area (Å²) in [5, 5.41) is 10.4. The van der Waals surface area contributed by atoms with E-state index in [4.69, 9.17) is 0 Å². The lowest BCUT2D eigenvalue weighted by molar-refractivity contribution is 0.160. The first-order chi connectivity index (χ1) is 8.36. The van der Waals surface area contributed by atoms with Crippen molar-refractivity contribution in [2.24, 2.45) is 0 Å². The second-order valence-electron chi connectivity index (χ2n) is 4.37. The van der Waals surface area contributed by atoms with Crippen LogP contribution in [0, 0.1) is 0 Å². The van der Waals surface area contributed by atoms with Gasteiger partial charge in [0.15, 0.2) is 0 Å². The molecule has 0 fully saturated rings. The maximum absolute atomic E-state index is 10.4. The van der Waals surface area contributed by atoms with E-state index in [1.54, 1.807) is 0 Å². The van der Waals surface area contributed by atoms with Gasteiger partial charge in [0.1, 0.15) is 0 Å². The van der Waals surface area contributed by atoms with E-state index in [9.17, 15) is 5.11 Å². The molecular formula is C16H14O. The molecule has 0 unspecified atom stereocenters. The number of hydrogen-bond donors (Lipinski definition) is 1. The zero-order valence-corrected chi connectivity index (χ0v) is 9.45. The van der Waals surface area contributed by atoms with E-state index < -0.39 is 6.10 Å². The lowest BCUT2D eigenvalue weighted by Crippen LogP contribution is -2.13. The molecule has 3 rings (SSSR count). The largest absolute Gasteiger partial charge is 0.387 e. The minimum atomic E-state index is -0.446. The van der Waals surface area contributed by atoms with Gasteiger partial charge in [-0.15, -0.1) is 0 Å². The van der Waals surface area contributed by atoms with E-state index in [2.05, 4.69) is 24.3 Å². The molecule has 0 amide bonds. The first-order valence-electron chi connectivity index (χ1n) is 5.86. The van der Waals surface area contributed by atoms with Crippen molar-refractivity contribution in [3.8, 4) is 0 Å². The predicted molar refractivity (Wildman–Crippen MR) is 69.6 cm³/mol. The average Bonchev–Trinajstić information content (AvgIpc) is 2.40. The molecular weight excluding hydrogens is 208 g/mol. The molecule has 1 heteroatoms. The quantitative estimate of drug-likeness (QED) is 0.782. The highest BCUT2D eigenvalue weighted by Crippen LogP contribution is 2.38. The molecule has 1 aliphatic rings. The Bertz CT molecular complexity index is 542. The molecule has 1 nitrogen and oxygen atoms in total. The highest BCUT2D eigenvalue weighted by molar-refractivity contribution is 5.59. The van der Waals surface area contributed by atoms with E-state index in [1.807, 2.05) is 42.5 Å². The average molecular weight is 222 g/mol. The van der Waals surface area contributed by atoms with Crippen molar-refractivity contribution in [1.29, 1.82) is 0 Å². The van der Waals surface area contributed by atoms with Gasteiger partial charge in [-0.1, -0.05) is 66.7 Å². The summed E-state index contributed by atoms with van der Waals surface area (Å²) in [7, 11) is 0. The number of rotatable bonds is 1. The Morgan fingerprint density at radius 3 is 2.35 bits per heavy atom. The smallest absolute Gasteiger partial charge is 0.0899 e. The van der Waals surface area contributed by atoms with Gasteiger partial charge < -0.3 is 5.11 Å². The van der Waals surface area contributed by atoms with Crippen molar-refractivity contribution in [2.75, 3.05) is 0 Å². The molecule has 0 saturated heterocycles. The molecule has 0 saturated carbocycles. The van der Waals surface area contributed by atoms with Gasteiger partial charge in [0.05, 0.1) is 6.10 Å². The second kappa shape index (κ2) is 4.19. The van der Waals surface area contributed by atoms with Crippen LogP contribution in [0.1, 0.15) is 28.7 Å². The maximum Gasteiger partial charge on any atom is 0.0899 e. The molecule has 0 aliphatic heterocycles. The van der Waals surface area contributed by atoms with Crippen LogP contribution in [-0.4, -0.2) is 5.11 Å². The number of hydrogen-bond acceptors (Lipinski definition) is 1. The van der Waals surface area contributed by atoms with Gasteiger partial charge in [0, 0.05) is 5.92 Å². The third-order valence-electron chi connectivity index (χ3n) is 3.32. The summed E-state index contributed by atoms with van der Waals surface area (Å²) < 4.78 is 0. The van der Waals surface area contributed by atoms with Gasteiger partial charge in [0.25, 0.3) is 0 Å². The molecule has 0 radical (unpaired) electrons. The predicted octanol–water partition coefficient (Wildman–Crippen LogP) is 3.53. The SMILES string of the molecule is O[C@@H]1c2ccccc2C=C[C@H]1c1ccccc1.